The second-order valence-corrected chi connectivity index (χ2v) is 17.4. The van der Waals surface area contributed by atoms with Gasteiger partial charge in [-0.05, 0) is 130 Å². The van der Waals surface area contributed by atoms with Gasteiger partial charge in [-0.1, -0.05) is 194 Å². The van der Waals surface area contributed by atoms with E-state index in [1.54, 1.807) is 0 Å². The summed E-state index contributed by atoms with van der Waals surface area (Å²) in [6.45, 7) is 0. The molecule has 14 aromatic rings. The van der Waals surface area contributed by atoms with E-state index in [4.69, 9.17) is 4.42 Å². The molecule has 0 amide bonds. The summed E-state index contributed by atoms with van der Waals surface area (Å²) in [5.41, 5.74) is 15.0. The third-order valence-electron chi connectivity index (χ3n) is 14.0. The van der Waals surface area contributed by atoms with Crippen molar-refractivity contribution >= 4 is 86.8 Å². The Balaban J connectivity index is 1.06. The third kappa shape index (κ3) is 5.30. The Morgan fingerprint density at radius 2 is 0.652 bits per heavy atom. The Kier molecular flexibility index (Phi) is 8.02. The summed E-state index contributed by atoms with van der Waals surface area (Å²) < 4.78 is 9.31. The second-order valence-electron chi connectivity index (χ2n) is 17.4. The predicted molar refractivity (Wildman–Crippen MR) is 280 cm³/mol. The number of hydrogen-bond acceptors (Lipinski definition) is 1. The highest BCUT2D eigenvalue weighted by molar-refractivity contribution is 6.30. The monoisotopic (exact) mass is 837 g/mol. The van der Waals surface area contributed by atoms with Crippen molar-refractivity contribution in [2.24, 2.45) is 0 Å². The van der Waals surface area contributed by atoms with Crippen molar-refractivity contribution < 1.29 is 4.42 Å². The Hall–Kier alpha value is -8.72. The lowest BCUT2D eigenvalue weighted by Gasteiger charge is -2.19. The van der Waals surface area contributed by atoms with Crippen molar-refractivity contribution in [3.8, 4) is 50.2 Å². The molecule has 0 fully saturated rings. The Labute approximate surface area is 380 Å². The highest BCUT2D eigenvalue weighted by Crippen LogP contribution is 2.51. The van der Waals surface area contributed by atoms with Crippen LogP contribution in [0.15, 0.2) is 241 Å². The van der Waals surface area contributed by atoms with E-state index in [-0.39, 0.29) is 0 Å². The van der Waals surface area contributed by atoms with E-state index in [0.717, 1.165) is 33.2 Å². The largest absolute Gasteiger partial charge is 0.456 e. The Bertz CT molecular complexity index is 4160. The normalized spacial score (nSPS) is 11.9. The number of fused-ring (bicyclic) bond motifs is 10. The van der Waals surface area contributed by atoms with Gasteiger partial charge in [0.05, 0.1) is 11.0 Å². The predicted octanol–water partition coefficient (Wildman–Crippen LogP) is 18.0. The first-order valence-corrected chi connectivity index (χ1v) is 22.8. The van der Waals surface area contributed by atoms with Gasteiger partial charge in [-0.25, -0.2) is 0 Å². The average Bonchev–Trinajstić information content (AvgIpc) is 3.94. The fourth-order valence-electron chi connectivity index (χ4n) is 11.3. The van der Waals surface area contributed by atoms with Crippen LogP contribution in [0, 0.1) is 0 Å². The Morgan fingerprint density at radius 3 is 1.15 bits per heavy atom. The molecule has 0 saturated heterocycles. The number of furan rings is 1. The number of nitrogens with zero attached hydrogens (tertiary/aromatic N) is 1. The van der Waals surface area contributed by atoms with E-state index in [2.05, 4.69) is 241 Å². The lowest BCUT2D eigenvalue weighted by molar-refractivity contribution is 0.669. The van der Waals surface area contributed by atoms with Crippen molar-refractivity contribution in [1.82, 2.24) is 4.57 Å². The van der Waals surface area contributed by atoms with Gasteiger partial charge in [0.15, 0.2) is 0 Å². The van der Waals surface area contributed by atoms with Crippen LogP contribution in [-0.2, 0) is 0 Å². The van der Waals surface area contributed by atoms with Gasteiger partial charge in [-0.3, -0.25) is 0 Å². The van der Waals surface area contributed by atoms with Gasteiger partial charge in [-0.15, -0.1) is 0 Å². The molecule has 14 rings (SSSR count). The van der Waals surface area contributed by atoms with Gasteiger partial charge in [0.1, 0.15) is 11.2 Å². The molecule has 12 aromatic carbocycles. The van der Waals surface area contributed by atoms with E-state index in [1.807, 2.05) is 0 Å². The minimum Gasteiger partial charge on any atom is -0.456 e. The first-order valence-electron chi connectivity index (χ1n) is 22.8. The van der Waals surface area contributed by atoms with Crippen LogP contribution in [0.1, 0.15) is 0 Å². The molecule has 2 heterocycles. The fraction of sp³-hybridized carbons (Fsp3) is 0. The van der Waals surface area contributed by atoms with Gasteiger partial charge in [0, 0.05) is 27.2 Å². The summed E-state index contributed by atoms with van der Waals surface area (Å²) in [6.07, 6.45) is 0. The van der Waals surface area contributed by atoms with Crippen LogP contribution >= 0.6 is 0 Å². The van der Waals surface area contributed by atoms with Crippen molar-refractivity contribution in [1.29, 1.82) is 0 Å². The molecular weight excluding hydrogens is 799 g/mol. The zero-order chi connectivity index (χ0) is 43.3. The summed E-state index contributed by atoms with van der Waals surface area (Å²) in [5.74, 6) is 0. The van der Waals surface area contributed by atoms with Crippen LogP contribution in [0.3, 0.4) is 0 Å². The first kappa shape index (κ1) is 36.7. The second kappa shape index (κ2) is 14.4. The summed E-state index contributed by atoms with van der Waals surface area (Å²) in [7, 11) is 0. The van der Waals surface area contributed by atoms with Crippen LogP contribution in [0.4, 0.5) is 0 Å². The summed E-state index contributed by atoms with van der Waals surface area (Å²) in [5, 5.41) is 14.5. The molecule has 0 aliphatic heterocycles. The molecular formula is C64H39NO. The van der Waals surface area contributed by atoms with Crippen molar-refractivity contribution in [3.05, 3.63) is 237 Å². The molecule has 0 N–H and O–H groups in total. The summed E-state index contributed by atoms with van der Waals surface area (Å²) in [6, 6.07) is 86.4. The van der Waals surface area contributed by atoms with Gasteiger partial charge < -0.3 is 8.98 Å². The van der Waals surface area contributed by atoms with E-state index in [9.17, 15) is 0 Å². The number of rotatable bonds is 5. The molecule has 2 heteroatoms. The first-order chi connectivity index (χ1) is 32.8. The van der Waals surface area contributed by atoms with E-state index < -0.39 is 0 Å². The maximum atomic E-state index is 6.92. The van der Waals surface area contributed by atoms with Gasteiger partial charge >= 0.3 is 0 Å². The standard InChI is InChI=1S/C64H39NO/c1-3-19-40(20-4-1)59-44-24-7-11-28-48(44)61(49-29-12-8-25-45(49)59)52-32-17-35-57-63(52)64-53(33-18-36-58(64)66-57)62-50-30-13-9-26-46(50)60(47-27-10-14-31-51(47)62)41-37-38-56-54(39-41)43-23-15-16-34-55(43)65(56)42-21-5-2-6-22-42/h1-39H. The van der Waals surface area contributed by atoms with E-state index >= 15 is 0 Å². The number of aromatic nitrogens is 1. The highest BCUT2D eigenvalue weighted by atomic mass is 16.3. The molecule has 2 aromatic heterocycles. The fourth-order valence-corrected chi connectivity index (χ4v) is 11.3. The lowest BCUT2D eigenvalue weighted by atomic mass is 9.83. The molecule has 0 unspecified atom stereocenters. The van der Waals surface area contributed by atoms with Crippen LogP contribution < -0.4 is 0 Å². The molecule has 66 heavy (non-hydrogen) atoms. The van der Waals surface area contributed by atoms with Crippen molar-refractivity contribution in [2.45, 2.75) is 0 Å². The summed E-state index contributed by atoms with van der Waals surface area (Å²) >= 11 is 0. The molecule has 0 aliphatic rings. The maximum Gasteiger partial charge on any atom is 0.136 e. The van der Waals surface area contributed by atoms with Crippen LogP contribution in [-0.4, -0.2) is 4.57 Å². The maximum absolute atomic E-state index is 6.92. The van der Waals surface area contributed by atoms with Gasteiger partial charge in [0.2, 0.25) is 0 Å². The zero-order valence-electron chi connectivity index (χ0n) is 35.9. The van der Waals surface area contributed by atoms with Crippen molar-refractivity contribution in [2.75, 3.05) is 0 Å². The minimum absolute atomic E-state index is 0.877. The highest BCUT2D eigenvalue weighted by Gasteiger charge is 2.25. The van der Waals surface area contributed by atoms with Crippen LogP contribution in [0.5, 0.6) is 0 Å². The quantitative estimate of drug-likeness (QED) is 0.158. The average molecular weight is 838 g/mol. The molecule has 0 bridgehead atoms. The van der Waals surface area contributed by atoms with Gasteiger partial charge in [-0.2, -0.15) is 0 Å². The molecule has 2 nitrogen and oxygen atoms in total. The van der Waals surface area contributed by atoms with Crippen molar-refractivity contribution in [3.63, 3.8) is 0 Å². The number of benzene rings is 12. The van der Waals surface area contributed by atoms with E-state index in [1.165, 1.54) is 104 Å². The molecule has 0 radical (unpaired) electrons. The van der Waals surface area contributed by atoms with Gasteiger partial charge in [0.25, 0.3) is 0 Å². The zero-order valence-corrected chi connectivity index (χ0v) is 35.9. The molecule has 0 atom stereocenters. The topological polar surface area (TPSA) is 18.1 Å². The number of hydrogen-bond donors (Lipinski definition) is 0. The lowest BCUT2D eigenvalue weighted by Crippen LogP contribution is -1.93. The molecule has 0 aliphatic carbocycles. The Morgan fingerprint density at radius 1 is 0.258 bits per heavy atom. The van der Waals surface area contributed by atoms with Crippen LogP contribution in [0.2, 0.25) is 0 Å². The molecule has 0 spiro atoms. The molecule has 306 valence electrons. The SMILES string of the molecule is c1ccc(-c2c3ccccc3c(-c3cccc4oc5cccc(-c6c7ccccc7c(-c7ccc8c(c7)c7ccccc7n8-c7ccccc7)c7ccccc67)c5c34)c3ccccc23)cc1. The number of para-hydroxylation sites is 2. The third-order valence-corrected chi connectivity index (χ3v) is 14.0. The minimum atomic E-state index is 0.877. The molecule has 0 saturated carbocycles. The summed E-state index contributed by atoms with van der Waals surface area (Å²) in [4.78, 5) is 0. The van der Waals surface area contributed by atoms with E-state index in [0.29, 0.717) is 0 Å². The van der Waals surface area contributed by atoms with Crippen LogP contribution in [0.25, 0.3) is 137 Å². The smallest absolute Gasteiger partial charge is 0.136 e.